The highest BCUT2D eigenvalue weighted by atomic mass is 16.5. The van der Waals surface area contributed by atoms with Crippen molar-refractivity contribution in [1.82, 2.24) is 4.90 Å². The van der Waals surface area contributed by atoms with Crippen molar-refractivity contribution >= 4 is 11.9 Å². The second kappa shape index (κ2) is 12.6. The second-order valence-corrected chi connectivity index (χ2v) is 5.47. The van der Waals surface area contributed by atoms with E-state index in [0.717, 1.165) is 5.75 Å². The number of ether oxygens (including phenoxy) is 3. The monoisotopic (exact) mass is 362 g/mol. The highest BCUT2D eigenvalue weighted by molar-refractivity contribution is 5.77. The molecule has 0 N–H and O–H groups in total. The van der Waals surface area contributed by atoms with Gasteiger partial charge in [-0.15, -0.1) is 0 Å². The predicted octanol–water partition coefficient (Wildman–Crippen LogP) is 2.55. The fraction of sp³-hybridized carbons (Fsp3) is 0.526. The van der Waals surface area contributed by atoms with E-state index >= 15 is 0 Å². The molecule has 7 heteroatoms. The van der Waals surface area contributed by atoms with Crippen molar-refractivity contribution in [2.45, 2.75) is 32.6 Å². The molecule has 0 saturated heterocycles. The van der Waals surface area contributed by atoms with Gasteiger partial charge in [0.1, 0.15) is 11.5 Å². The largest absolute Gasteiger partial charge is 0.497 e. The lowest BCUT2D eigenvalue weighted by molar-refractivity contribution is -0.144. The summed E-state index contributed by atoms with van der Waals surface area (Å²) in [6.07, 6.45) is 1.21. The first-order valence-electron chi connectivity index (χ1n) is 8.68. The number of methoxy groups -OCH3 is 1. The number of rotatable bonds is 12. The number of hydrogen-bond acceptors (Lipinski definition) is 6. The van der Waals surface area contributed by atoms with Crippen molar-refractivity contribution in [3.63, 3.8) is 0 Å². The SMILES string of the molecule is CCOC(=O)CCN(CCC#N)C(=O)CCCOc1ccc(OC)cc1. The van der Waals surface area contributed by atoms with Crippen molar-refractivity contribution in [3.05, 3.63) is 24.3 Å². The summed E-state index contributed by atoms with van der Waals surface area (Å²) in [6, 6.07) is 9.24. The van der Waals surface area contributed by atoms with E-state index in [0.29, 0.717) is 38.3 Å². The maximum Gasteiger partial charge on any atom is 0.307 e. The van der Waals surface area contributed by atoms with Crippen LogP contribution in [0.2, 0.25) is 0 Å². The van der Waals surface area contributed by atoms with Crippen LogP contribution in [0.15, 0.2) is 24.3 Å². The Morgan fingerprint density at radius 3 is 2.42 bits per heavy atom. The highest BCUT2D eigenvalue weighted by Crippen LogP contribution is 2.17. The first-order chi connectivity index (χ1) is 12.6. The molecule has 0 bridgehead atoms. The zero-order valence-electron chi connectivity index (χ0n) is 15.4. The minimum absolute atomic E-state index is 0.0946. The number of carbonyl (C=O) groups is 2. The normalized spacial score (nSPS) is 9.88. The van der Waals surface area contributed by atoms with Gasteiger partial charge >= 0.3 is 5.97 Å². The Morgan fingerprint density at radius 2 is 1.81 bits per heavy atom. The lowest BCUT2D eigenvalue weighted by Crippen LogP contribution is -2.34. The van der Waals surface area contributed by atoms with Crippen molar-refractivity contribution in [2.75, 3.05) is 33.4 Å². The van der Waals surface area contributed by atoms with Crippen LogP contribution in [-0.2, 0) is 14.3 Å². The molecule has 0 heterocycles. The van der Waals surface area contributed by atoms with Crippen LogP contribution in [-0.4, -0.2) is 50.2 Å². The minimum Gasteiger partial charge on any atom is -0.497 e. The number of nitrogens with zero attached hydrogens (tertiary/aromatic N) is 2. The van der Waals surface area contributed by atoms with Crippen LogP contribution in [0.4, 0.5) is 0 Å². The van der Waals surface area contributed by atoms with Crippen molar-refractivity contribution in [2.24, 2.45) is 0 Å². The number of carbonyl (C=O) groups excluding carboxylic acids is 2. The van der Waals surface area contributed by atoms with Gasteiger partial charge in [-0.25, -0.2) is 0 Å². The summed E-state index contributed by atoms with van der Waals surface area (Å²) in [5, 5.41) is 8.73. The van der Waals surface area contributed by atoms with Gasteiger partial charge in [-0.3, -0.25) is 9.59 Å². The summed E-state index contributed by atoms with van der Waals surface area (Å²) < 4.78 is 15.5. The first-order valence-corrected chi connectivity index (χ1v) is 8.68. The lowest BCUT2D eigenvalue weighted by atomic mass is 10.2. The molecule has 1 aromatic rings. The van der Waals surface area contributed by atoms with Gasteiger partial charge in [0.25, 0.3) is 0 Å². The summed E-state index contributed by atoms with van der Waals surface area (Å²) in [6.45, 7) is 3.03. The van der Waals surface area contributed by atoms with Crippen LogP contribution in [0, 0.1) is 11.3 Å². The second-order valence-electron chi connectivity index (χ2n) is 5.47. The molecule has 1 rings (SSSR count). The van der Waals surface area contributed by atoms with Crippen molar-refractivity contribution < 1.29 is 23.8 Å². The smallest absolute Gasteiger partial charge is 0.307 e. The molecule has 0 fully saturated rings. The molecule has 0 spiro atoms. The molecule has 0 aliphatic carbocycles. The van der Waals surface area contributed by atoms with E-state index in [1.54, 1.807) is 38.3 Å². The molecule has 1 amide bonds. The summed E-state index contributed by atoms with van der Waals surface area (Å²) in [7, 11) is 1.60. The van der Waals surface area contributed by atoms with Crippen molar-refractivity contribution in [3.8, 4) is 17.6 Å². The topological polar surface area (TPSA) is 88.9 Å². The van der Waals surface area contributed by atoms with E-state index < -0.39 is 0 Å². The van der Waals surface area contributed by atoms with Crippen LogP contribution in [0.5, 0.6) is 11.5 Å². The summed E-state index contributed by atoms with van der Waals surface area (Å²) in [4.78, 5) is 25.3. The maximum absolute atomic E-state index is 12.3. The minimum atomic E-state index is -0.343. The van der Waals surface area contributed by atoms with E-state index in [9.17, 15) is 9.59 Å². The molecule has 0 aliphatic heterocycles. The fourth-order valence-electron chi connectivity index (χ4n) is 2.25. The van der Waals surface area contributed by atoms with Crippen LogP contribution >= 0.6 is 0 Å². The van der Waals surface area contributed by atoms with Gasteiger partial charge in [0, 0.05) is 19.5 Å². The number of hydrogen-bond donors (Lipinski definition) is 0. The van der Waals surface area contributed by atoms with Gasteiger partial charge in [0.15, 0.2) is 0 Å². The van der Waals surface area contributed by atoms with Gasteiger partial charge in [-0.05, 0) is 37.6 Å². The van der Waals surface area contributed by atoms with Gasteiger partial charge in [0.2, 0.25) is 5.91 Å². The molecule has 26 heavy (non-hydrogen) atoms. The van der Waals surface area contributed by atoms with E-state index in [2.05, 4.69) is 0 Å². The molecule has 7 nitrogen and oxygen atoms in total. The van der Waals surface area contributed by atoms with Crippen molar-refractivity contribution in [1.29, 1.82) is 5.26 Å². The van der Waals surface area contributed by atoms with Crippen LogP contribution in [0.3, 0.4) is 0 Å². The molecule has 142 valence electrons. The van der Waals surface area contributed by atoms with Crippen LogP contribution in [0.1, 0.15) is 32.6 Å². The van der Waals surface area contributed by atoms with E-state index in [1.807, 2.05) is 6.07 Å². The van der Waals surface area contributed by atoms with Crippen LogP contribution < -0.4 is 9.47 Å². The molecule has 1 aromatic carbocycles. The first kappa shape index (κ1) is 21.3. The third-order valence-electron chi connectivity index (χ3n) is 3.60. The Morgan fingerprint density at radius 1 is 1.12 bits per heavy atom. The lowest BCUT2D eigenvalue weighted by Gasteiger charge is -2.21. The molecule has 0 aromatic heterocycles. The summed E-state index contributed by atoms with van der Waals surface area (Å²) in [5.74, 6) is 1.03. The van der Waals surface area contributed by atoms with Gasteiger partial charge in [-0.1, -0.05) is 0 Å². The van der Waals surface area contributed by atoms with E-state index in [4.69, 9.17) is 19.5 Å². The average molecular weight is 362 g/mol. The Hall–Kier alpha value is -2.75. The molecule has 0 atom stereocenters. The number of nitriles is 1. The Kier molecular flexibility index (Phi) is 10.3. The number of amides is 1. The summed E-state index contributed by atoms with van der Waals surface area (Å²) >= 11 is 0. The molecule has 0 saturated carbocycles. The van der Waals surface area contributed by atoms with E-state index in [1.165, 1.54) is 4.90 Å². The average Bonchev–Trinajstić information content (AvgIpc) is 2.65. The number of esters is 1. The maximum atomic E-state index is 12.3. The molecular formula is C19H26N2O5. The molecule has 0 radical (unpaired) electrons. The molecule has 0 aliphatic rings. The highest BCUT2D eigenvalue weighted by Gasteiger charge is 2.15. The van der Waals surface area contributed by atoms with Gasteiger partial charge in [-0.2, -0.15) is 5.26 Å². The zero-order valence-corrected chi connectivity index (χ0v) is 15.4. The standard InChI is InChI=1S/C19H26N2O5/c1-3-25-19(23)11-14-21(13-5-12-20)18(22)6-4-15-26-17-9-7-16(24-2)8-10-17/h7-10H,3-6,11,13-15H2,1-2H3. The van der Waals surface area contributed by atoms with Gasteiger partial charge in [0.05, 0.1) is 39.2 Å². The zero-order chi connectivity index (χ0) is 19.2. The molecular weight excluding hydrogens is 336 g/mol. The molecule has 0 unspecified atom stereocenters. The van der Waals surface area contributed by atoms with Crippen LogP contribution in [0.25, 0.3) is 0 Å². The predicted molar refractivity (Wildman–Crippen MR) is 95.8 cm³/mol. The number of benzene rings is 1. The third kappa shape index (κ3) is 8.38. The fourth-order valence-corrected chi connectivity index (χ4v) is 2.25. The Labute approximate surface area is 154 Å². The Bertz CT molecular complexity index is 595. The quantitative estimate of drug-likeness (QED) is 0.419. The third-order valence-corrected chi connectivity index (χ3v) is 3.60. The summed E-state index contributed by atoms with van der Waals surface area (Å²) in [5.41, 5.74) is 0. The Balaban J connectivity index is 2.37. The van der Waals surface area contributed by atoms with Gasteiger partial charge < -0.3 is 19.1 Å². The van der Waals surface area contributed by atoms with E-state index in [-0.39, 0.29) is 31.3 Å².